The van der Waals surface area contributed by atoms with Gasteiger partial charge in [0.05, 0.1) is 12.9 Å². The number of rotatable bonds is 25. The minimum Gasteiger partial charge on any atom is -0.502 e. The average molecular weight is 421 g/mol. The third-order valence-corrected chi connectivity index (χ3v) is 5.94. The molecule has 0 amide bonds. The maximum Gasteiger partial charge on any atom is 0.0873 e. The van der Waals surface area contributed by atoms with Crippen LogP contribution in [0.1, 0.15) is 155 Å². The second-order valence-corrected chi connectivity index (χ2v) is 9.09. The van der Waals surface area contributed by atoms with Crippen LogP contribution in [-0.4, -0.2) is 6.61 Å². The average Bonchev–Trinajstić information content (AvgIpc) is 2.76. The van der Waals surface area contributed by atoms with Crippen molar-refractivity contribution in [2.75, 3.05) is 6.61 Å². The van der Waals surface area contributed by atoms with Gasteiger partial charge in [-0.15, -0.1) is 0 Å². The molecule has 0 fully saturated rings. The SMILES string of the molecule is CCCCCCCC/C=C\CCCCCCCCOC=CCCCCCCCCC. The highest BCUT2D eigenvalue weighted by atomic mass is 16.5. The molecule has 30 heavy (non-hydrogen) atoms. The van der Waals surface area contributed by atoms with Gasteiger partial charge >= 0.3 is 0 Å². The molecule has 0 spiro atoms. The summed E-state index contributed by atoms with van der Waals surface area (Å²) in [6, 6.07) is 0. The molecule has 0 saturated heterocycles. The van der Waals surface area contributed by atoms with Crippen LogP contribution < -0.4 is 0 Å². The van der Waals surface area contributed by atoms with Crippen LogP contribution in [0.4, 0.5) is 0 Å². The second-order valence-electron chi connectivity index (χ2n) is 9.09. The molecule has 0 unspecified atom stereocenters. The lowest BCUT2D eigenvalue weighted by Gasteiger charge is -2.02. The molecule has 0 radical (unpaired) electrons. The van der Waals surface area contributed by atoms with Crippen LogP contribution in [0.15, 0.2) is 24.5 Å². The lowest BCUT2D eigenvalue weighted by molar-refractivity contribution is 0.239. The fourth-order valence-corrected chi connectivity index (χ4v) is 3.86. The van der Waals surface area contributed by atoms with E-state index in [0.29, 0.717) is 0 Å². The van der Waals surface area contributed by atoms with Crippen LogP contribution in [0.3, 0.4) is 0 Å². The molecule has 0 aliphatic heterocycles. The molecule has 0 aromatic rings. The van der Waals surface area contributed by atoms with E-state index in [1.807, 2.05) is 6.26 Å². The Bertz CT molecular complexity index is 344. The van der Waals surface area contributed by atoms with Gasteiger partial charge in [0.15, 0.2) is 0 Å². The zero-order chi connectivity index (χ0) is 21.8. The summed E-state index contributed by atoms with van der Waals surface area (Å²) in [5, 5.41) is 0. The van der Waals surface area contributed by atoms with E-state index < -0.39 is 0 Å². The third kappa shape index (κ3) is 27.3. The molecular weight excluding hydrogens is 364 g/mol. The van der Waals surface area contributed by atoms with E-state index >= 15 is 0 Å². The molecule has 0 aliphatic rings. The van der Waals surface area contributed by atoms with Gasteiger partial charge in [-0.2, -0.15) is 0 Å². The predicted octanol–water partition coefficient (Wildman–Crippen LogP) is 10.7. The molecule has 0 heterocycles. The molecule has 0 atom stereocenters. The van der Waals surface area contributed by atoms with Gasteiger partial charge in [-0.1, -0.05) is 122 Å². The number of hydrogen-bond acceptors (Lipinski definition) is 1. The molecule has 0 aromatic heterocycles. The van der Waals surface area contributed by atoms with Crippen molar-refractivity contribution in [3.63, 3.8) is 0 Å². The zero-order valence-electron chi connectivity index (χ0n) is 21.0. The summed E-state index contributed by atoms with van der Waals surface area (Å²) in [6.07, 6.45) is 38.9. The topological polar surface area (TPSA) is 9.23 Å². The highest BCUT2D eigenvalue weighted by Gasteiger charge is 1.92. The Morgan fingerprint density at radius 3 is 1.23 bits per heavy atom. The molecule has 0 aromatic carbocycles. The quantitative estimate of drug-likeness (QED) is 0.0810. The zero-order valence-corrected chi connectivity index (χ0v) is 21.0. The lowest BCUT2D eigenvalue weighted by atomic mass is 10.1. The van der Waals surface area contributed by atoms with E-state index in [1.54, 1.807) is 0 Å². The number of unbranched alkanes of at least 4 members (excludes halogenated alkanes) is 19. The molecule has 0 aliphatic carbocycles. The summed E-state index contributed by atoms with van der Waals surface area (Å²) >= 11 is 0. The standard InChI is InChI=1S/C29H56O/c1-3-5-7-9-11-13-14-15-16-17-18-19-21-23-25-27-29-30-28-26-24-22-20-12-10-8-6-4-2/h15-16,26,28H,3-14,17-25,27,29H2,1-2H3/b16-15-,28-26?. The second kappa shape index (κ2) is 28.3. The first-order valence-electron chi connectivity index (χ1n) is 13.8. The Hall–Kier alpha value is -0.720. The summed E-state index contributed by atoms with van der Waals surface area (Å²) in [6.45, 7) is 5.46. The number of ether oxygens (including phenoxy) is 1. The van der Waals surface area contributed by atoms with E-state index in [2.05, 4.69) is 32.1 Å². The van der Waals surface area contributed by atoms with E-state index in [1.165, 1.54) is 141 Å². The van der Waals surface area contributed by atoms with E-state index in [4.69, 9.17) is 4.74 Å². The maximum absolute atomic E-state index is 5.62. The molecule has 178 valence electrons. The van der Waals surface area contributed by atoms with Gasteiger partial charge in [0.25, 0.3) is 0 Å². The molecule has 1 heteroatoms. The van der Waals surface area contributed by atoms with Gasteiger partial charge in [-0.3, -0.25) is 0 Å². The fourth-order valence-electron chi connectivity index (χ4n) is 3.86. The minimum absolute atomic E-state index is 0.898. The fraction of sp³-hybridized carbons (Fsp3) is 0.862. The highest BCUT2D eigenvalue weighted by molar-refractivity contribution is 4.81. The van der Waals surface area contributed by atoms with Crippen LogP contribution in [-0.2, 0) is 4.74 Å². The lowest BCUT2D eigenvalue weighted by Crippen LogP contribution is -1.88. The Morgan fingerprint density at radius 1 is 0.400 bits per heavy atom. The molecule has 0 bridgehead atoms. The smallest absolute Gasteiger partial charge is 0.0873 e. The molecule has 0 saturated carbocycles. The van der Waals surface area contributed by atoms with E-state index in [-0.39, 0.29) is 0 Å². The minimum atomic E-state index is 0.898. The molecular formula is C29H56O. The summed E-state index contributed by atoms with van der Waals surface area (Å²) < 4.78 is 5.62. The Labute approximate surface area is 191 Å². The first-order valence-corrected chi connectivity index (χ1v) is 13.8. The van der Waals surface area contributed by atoms with Crippen molar-refractivity contribution in [1.82, 2.24) is 0 Å². The third-order valence-electron chi connectivity index (χ3n) is 5.94. The summed E-state index contributed by atoms with van der Waals surface area (Å²) in [4.78, 5) is 0. The molecule has 1 nitrogen and oxygen atoms in total. The van der Waals surface area contributed by atoms with Crippen molar-refractivity contribution < 1.29 is 4.74 Å². The molecule has 0 rings (SSSR count). The van der Waals surface area contributed by atoms with Crippen molar-refractivity contribution in [2.45, 2.75) is 155 Å². The van der Waals surface area contributed by atoms with Crippen LogP contribution in [0.25, 0.3) is 0 Å². The Morgan fingerprint density at radius 2 is 0.767 bits per heavy atom. The van der Waals surface area contributed by atoms with Crippen molar-refractivity contribution >= 4 is 0 Å². The van der Waals surface area contributed by atoms with E-state index in [0.717, 1.165) is 6.61 Å². The normalized spacial score (nSPS) is 11.8. The van der Waals surface area contributed by atoms with Gasteiger partial charge in [0.2, 0.25) is 0 Å². The Balaban J connectivity index is 3.11. The van der Waals surface area contributed by atoms with Gasteiger partial charge in [-0.25, -0.2) is 0 Å². The maximum atomic E-state index is 5.62. The van der Waals surface area contributed by atoms with Crippen molar-refractivity contribution in [3.05, 3.63) is 24.5 Å². The molecule has 0 N–H and O–H groups in total. The van der Waals surface area contributed by atoms with Crippen LogP contribution in [0.5, 0.6) is 0 Å². The van der Waals surface area contributed by atoms with Gasteiger partial charge < -0.3 is 4.74 Å². The van der Waals surface area contributed by atoms with Gasteiger partial charge in [-0.05, 0) is 51.0 Å². The first kappa shape index (κ1) is 29.3. The van der Waals surface area contributed by atoms with E-state index in [9.17, 15) is 0 Å². The first-order chi connectivity index (χ1) is 14.9. The van der Waals surface area contributed by atoms with Crippen molar-refractivity contribution in [1.29, 1.82) is 0 Å². The van der Waals surface area contributed by atoms with Gasteiger partial charge in [0, 0.05) is 0 Å². The number of hydrogen-bond donors (Lipinski definition) is 0. The van der Waals surface area contributed by atoms with Gasteiger partial charge in [0.1, 0.15) is 0 Å². The summed E-state index contributed by atoms with van der Waals surface area (Å²) in [5.41, 5.74) is 0. The largest absolute Gasteiger partial charge is 0.502 e. The van der Waals surface area contributed by atoms with Crippen LogP contribution >= 0.6 is 0 Å². The summed E-state index contributed by atoms with van der Waals surface area (Å²) in [5.74, 6) is 0. The number of allylic oxidation sites excluding steroid dienone is 3. The van der Waals surface area contributed by atoms with Crippen molar-refractivity contribution in [3.8, 4) is 0 Å². The monoisotopic (exact) mass is 420 g/mol. The predicted molar refractivity (Wildman–Crippen MR) is 137 cm³/mol. The Kier molecular flexibility index (Phi) is 27.6. The van der Waals surface area contributed by atoms with Crippen LogP contribution in [0.2, 0.25) is 0 Å². The van der Waals surface area contributed by atoms with Crippen LogP contribution in [0, 0.1) is 0 Å². The summed E-state index contributed by atoms with van der Waals surface area (Å²) in [7, 11) is 0. The van der Waals surface area contributed by atoms with Crippen molar-refractivity contribution in [2.24, 2.45) is 0 Å². The highest BCUT2D eigenvalue weighted by Crippen LogP contribution is 2.11.